The number of hydrogen-bond donors (Lipinski definition) is 2. The van der Waals surface area contributed by atoms with E-state index >= 15 is 0 Å². The van der Waals surface area contributed by atoms with Crippen molar-refractivity contribution in [1.29, 1.82) is 0 Å². The van der Waals surface area contributed by atoms with Gasteiger partial charge in [0.15, 0.2) is 5.69 Å². The maximum Gasteiger partial charge on any atom is 0.355 e. The smallest absolute Gasteiger partial charge is 0.355 e. The molecular formula is C10H9N3O4S. The summed E-state index contributed by atoms with van der Waals surface area (Å²) in [5.41, 5.74) is 0.609. The lowest BCUT2D eigenvalue weighted by molar-refractivity contribution is 0.0691. The van der Waals surface area contributed by atoms with Crippen molar-refractivity contribution in [3.8, 4) is 0 Å². The van der Waals surface area contributed by atoms with Gasteiger partial charge in [0, 0.05) is 10.9 Å². The summed E-state index contributed by atoms with van der Waals surface area (Å²) in [4.78, 5) is 26.1. The zero-order chi connectivity index (χ0) is 13.1. The fourth-order valence-corrected chi connectivity index (χ4v) is 1.94. The summed E-state index contributed by atoms with van der Waals surface area (Å²) < 4.78 is 4.78. The zero-order valence-electron chi connectivity index (χ0n) is 9.34. The molecule has 0 atom stereocenters. The molecule has 0 spiro atoms. The second-order valence-corrected chi connectivity index (χ2v) is 4.39. The van der Waals surface area contributed by atoms with Gasteiger partial charge in [0.1, 0.15) is 5.01 Å². The molecule has 7 nitrogen and oxygen atoms in total. The van der Waals surface area contributed by atoms with Gasteiger partial charge in [0.2, 0.25) is 5.76 Å². The number of nitrogens with zero attached hydrogens (tertiary/aromatic N) is 2. The highest BCUT2D eigenvalue weighted by molar-refractivity contribution is 7.09. The van der Waals surface area contributed by atoms with Gasteiger partial charge in [0.05, 0.1) is 12.7 Å². The summed E-state index contributed by atoms with van der Waals surface area (Å²) >= 11 is 1.17. The SMILES string of the molecule is Cc1cnoc1C(=O)NCc1nc(C(=O)O)cs1. The maximum atomic E-state index is 11.7. The molecule has 2 N–H and O–H groups in total. The quantitative estimate of drug-likeness (QED) is 0.858. The summed E-state index contributed by atoms with van der Waals surface area (Å²) in [6, 6.07) is 0. The largest absolute Gasteiger partial charge is 0.476 e. The Labute approximate surface area is 105 Å². The number of aryl methyl sites for hydroxylation is 1. The lowest BCUT2D eigenvalue weighted by atomic mass is 10.3. The van der Waals surface area contributed by atoms with Crippen LogP contribution < -0.4 is 5.32 Å². The molecule has 0 aromatic carbocycles. The Morgan fingerprint density at radius 3 is 2.89 bits per heavy atom. The van der Waals surface area contributed by atoms with E-state index in [4.69, 9.17) is 9.63 Å². The van der Waals surface area contributed by atoms with Crippen LogP contribution in [0.2, 0.25) is 0 Å². The van der Waals surface area contributed by atoms with Gasteiger partial charge in [0.25, 0.3) is 5.91 Å². The molecule has 0 fully saturated rings. The van der Waals surface area contributed by atoms with Crippen molar-refractivity contribution in [3.05, 3.63) is 33.6 Å². The van der Waals surface area contributed by atoms with Crippen LogP contribution >= 0.6 is 11.3 Å². The van der Waals surface area contributed by atoms with Gasteiger partial charge in [-0.2, -0.15) is 0 Å². The average molecular weight is 267 g/mol. The van der Waals surface area contributed by atoms with Gasteiger partial charge in [-0.15, -0.1) is 11.3 Å². The van der Waals surface area contributed by atoms with Gasteiger partial charge >= 0.3 is 5.97 Å². The highest BCUT2D eigenvalue weighted by atomic mass is 32.1. The van der Waals surface area contributed by atoms with Crippen molar-refractivity contribution in [2.24, 2.45) is 0 Å². The first-order valence-corrected chi connectivity index (χ1v) is 5.83. The number of amides is 1. The summed E-state index contributed by atoms with van der Waals surface area (Å²) in [7, 11) is 0. The number of carbonyl (C=O) groups is 2. The van der Waals surface area contributed by atoms with Crippen LogP contribution in [-0.4, -0.2) is 27.1 Å². The Balaban J connectivity index is 1.97. The molecule has 0 saturated heterocycles. The Hall–Kier alpha value is -2.22. The molecule has 0 radical (unpaired) electrons. The summed E-state index contributed by atoms with van der Waals surface area (Å²) in [6.45, 7) is 1.86. The molecule has 0 unspecified atom stereocenters. The number of aromatic nitrogens is 2. The summed E-state index contributed by atoms with van der Waals surface area (Å²) in [5.74, 6) is -1.35. The Morgan fingerprint density at radius 1 is 1.56 bits per heavy atom. The van der Waals surface area contributed by atoms with E-state index in [1.807, 2.05) is 0 Å². The number of carbonyl (C=O) groups excluding carboxylic acids is 1. The third kappa shape index (κ3) is 2.54. The first-order valence-electron chi connectivity index (χ1n) is 4.95. The molecule has 1 amide bonds. The number of carboxylic acids is 1. The predicted molar refractivity (Wildman–Crippen MR) is 61.5 cm³/mol. The van der Waals surface area contributed by atoms with E-state index in [1.165, 1.54) is 22.9 Å². The van der Waals surface area contributed by atoms with Crippen LogP contribution in [0.25, 0.3) is 0 Å². The molecular weight excluding hydrogens is 258 g/mol. The van der Waals surface area contributed by atoms with Crippen LogP contribution in [0.1, 0.15) is 31.6 Å². The number of hydrogen-bond acceptors (Lipinski definition) is 6. The normalized spacial score (nSPS) is 10.3. The lowest BCUT2D eigenvalue weighted by Gasteiger charge is -1.99. The third-order valence-electron chi connectivity index (χ3n) is 2.13. The Bertz CT molecular complexity index is 589. The molecule has 2 rings (SSSR count). The number of aromatic carboxylic acids is 1. The highest BCUT2D eigenvalue weighted by Crippen LogP contribution is 2.10. The molecule has 0 aliphatic carbocycles. The van der Waals surface area contributed by atoms with Crippen LogP contribution in [-0.2, 0) is 6.54 Å². The molecule has 0 aliphatic rings. The number of nitrogens with one attached hydrogen (secondary N) is 1. The van der Waals surface area contributed by atoms with E-state index in [-0.39, 0.29) is 18.0 Å². The minimum absolute atomic E-state index is 0.0277. The van der Waals surface area contributed by atoms with Crippen molar-refractivity contribution >= 4 is 23.2 Å². The summed E-state index contributed by atoms with van der Waals surface area (Å²) in [6.07, 6.45) is 1.45. The van der Waals surface area contributed by atoms with Crippen LogP contribution in [0.3, 0.4) is 0 Å². The van der Waals surface area contributed by atoms with Crippen molar-refractivity contribution in [1.82, 2.24) is 15.5 Å². The number of carboxylic acid groups (broad SMARTS) is 1. The van der Waals surface area contributed by atoms with E-state index in [0.717, 1.165) is 0 Å². The topological polar surface area (TPSA) is 105 Å². The van der Waals surface area contributed by atoms with Gasteiger partial charge < -0.3 is 14.9 Å². The lowest BCUT2D eigenvalue weighted by Crippen LogP contribution is -2.23. The monoisotopic (exact) mass is 267 g/mol. The van der Waals surface area contributed by atoms with Gasteiger partial charge in [-0.3, -0.25) is 4.79 Å². The van der Waals surface area contributed by atoms with Gasteiger partial charge in [-0.25, -0.2) is 9.78 Å². The van der Waals surface area contributed by atoms with Crippen molar-refractivity contribution < 1.29 is 19.2 Å². The van der Waals surface area contributed by atoms with E-state index in [2.05, 4.69) is 15.5 Å². The van der Waals surface area contributed by atoms with Crippen molar-refractivity contribution in [2.75, 3.05) is 0 Å². The van der Waals surface area contributed by atoms with E-state index in [1.54, 1.807) is 6.92 Å². The van der Waals surface area contributed by atoms with Gasteiger partial charge in [-0.05, 0) is 6.92 Å². The van der Waals surface area contributed by atoms with E-state index in [9.17, 15) is 9.59 Å². The van der Waals surface area contributed by atoms with Crippen molar-refractivity contribution in [3.63, 3.8) is 0 Å². The number of thiazole rings is 1. The second-order valence-electron chi connectivity index (χ2n) is 3.45. The fourth-order valence-electron chi connectivity index (χ4n) is 1.24. The molecule has 2 aromatic rings. The third-order valence-corrected chi connectivity index (χ3v) is 2.97. The van der Waals surface area contributed by atoms with Gasteiger partial charge in [-0.1, -0.05) is 5.16 Å². The molecule has 18 heavy (non-hydrogen) atoms. The minimum Gasteiger partial charge on any atom is -0.476 e. The maximum absolute atomic E-state index is 11.7. The molecule has 0 aliphatic heterocycles. The summed E-state index contributed by atoms with van der Waals surface area (Å²) in [5, 5.41) is 16.7. The molecule has 2 aromatic heterocycles. The Morgan fingerprint density at radius 2 is 2.33 bits per heavy atom. The molecule has 2 heterocycles. The molecule has 94 valence electrons. The van der Waals surface area contributed by atoms with Crippen molar-refractivity contribution in [2.45, 2.75) is 13.5 Å². The predicted octanol–water partition coefficient (Wildman–Crippen LogP) is 1.07. The standard InChI is InChI=1S/C10H9N3O4S/c1-5-2-12-17-8(5)9(14)11-3-7-13-6(4-18-7)10(15)16/h2,4H,3H2,1H3,(H,11,14)(H,15,16). The van der Waals surface area contributed by atoms with E-state index < -0.39 is 11.9 Å². The van der Waals surface area contributed by atoms with Crippen LogP contribution in [0.15, 0.2) is 16.1 Å². The fraction of sp³-hybridized carbons (Fsp3) is 0.200. The van der Waals surface area contributed by atoms with E-state index in [0.29, 0.717) is 10.6 Å². The average Bonchev–Trinajstić information content (AvgIpc) is 2.94. The minimum atomic E-state index is -1.09. The van der Waals surface area contributed by atoms with Crippen LogP contribution in [0.4, 0.5) is 0 Å². The first kappa shape index (κ1) is 12.2. The molecule has 8 heteroatoms. The number of rotatable bonds is 4. The molecule has 0 saturated carbocycles. The molecule has 0 bridgehead atoms. The van der Waals surface area contributed by atoms with Crippen LogP contribution in [0.5, 0.6) is 0 Å². The Kier molecular flexibility index (Phi) is 3.38. The first-order chi connectivity index (χ1) is 8.58. The highest BCUT2D eigenvalue weighted by Gasteiger charge is 2.15. The van der Waals surface area contributed by atoms with Crippen LogP contribution in [0, 0.1) is 6.92 Å². The second kappa shape index (κ2) is 4.96. The zero-order valence-corrected chi connectivity index (χ0v) is 10.2.